The van der Waals surface area contributed by atoms with Gasteiger partial charge < -0.3 is 14.6 Å². The maximum Gasteiger partial charge on any atom is 0.335 e. The van der Waals surface area contributed by atoms with Crippen molar-refractivity contribution < 1.29 is 19.4 Å². The van der Waals surface area contributed by atoms with Crippen LogP contribution in [0, 0.1) is 0 Å². The van der Waals surface area contributed by atoms with Gasteiger partial charge in [0.15, 0.2) is 0 Å². The molecule has 0 saturated heterocycles. The minimum Gasteiger partial charge on any atom is -0.497 e. The third-order valence-electron chi connectivity index (χ3n) is 5.64. The first-order valence-corrected chi connectivity index (χ1v) is 11.3. The van der Waals surface area contributed by atoms with Gasteiger partial charge >= 0.3 is 5.97 Å². The van der Waals surface area contributed by atoms with Crippen LogP contribution in [0.25, 0.3) is 10.9 Å². The Morgan fingerprint density at radius 1 is 0.971 bits per heavy atom. The predicted molar refractivity (Wildman–Crippen MR) is 133 cm³/mol. The smallest absolute Gasteiger partial charge is 0.335 e. The van der Waals surface area contributed by atoms with Crippen LogP contribution < -0.4 is 9.47 Å². The van der Waals surface area contributed by atoms with Crippen molar-refractivity contribution in [2.75, 3.05) is 14.2 Å². The van der Waals surface area contributed by atoms with Crippen LogP contribution in [0.15, 0.2) is 54.9 Å². The molecule has 0 aliphatic carbocycles. The van der Waals surface area contributed by atoms with Crippen LogP contribution >= 0.6 is 34.8 Å². The lowest BCUT2D eigenvalue weighted by molar-refractivity contribution is 0.0695. The number of aromatic carboxylic acids is 1. The van der Waals surface area contributed by atoms with Crippen LogP contribution in [0.3, 0.4) is 0 Å². The number of carboxylic acids is 1. The topological polar surface area (TPSA) is 81.5 Å². The number of hydrogen-bond donors (Lipinski definition) is 1. The van der Waals surface area contributed by atoms with Gasteiger partial charge in [-0.1, -0.05) is 40.9 Å². The highest BCUT2D eigenvalue weighted by atomic mass is 35.5. The van der Waals surface area contributed by atoms with Gasteiger partial charge in [0.05, 0.1) is 29.8 Å². The molecule has 174 valence electrons. The second-order valence-electron chi connectivity index (χ2n) is 7.48. The Bertz CT molecular complexity index is 1370. The number of carbonyl (C=O) groups is 1. The zero-order valence-electron chi connectivity index (χ0n) is 18.2. The Balaban J connectivity index is 2.04. The van der Waals surface area contributed by atoms with Gasteiger partial charge in [-0.25, -0.2) is 9.78 Å². The molecule has 2 aromatic heterocycles. The van der Waals surface area contributed by atoms with Gasteiger partial charge in [-0.15, -0.1) is 0 Å². The van der Waals surface area contributed by atoms with Crippen LogP contribution in [0.1, 0.15) is 33.0 Å². The van der Waals surface area contributed by atoms with Crippen molar-refractivity contribution in [1.29, 1.82) is 0 Å². The first-order valence-electron chi connectivity index (χ1n) is 10.2. The number of fused-ring (bicyclic) bond motifs is 1. The van der Waals surface area contributed by atoms with E-state index in [1.807, 2.05) is 12.1 Å². The Morgan fingerprint density at radius 3 is 2.35 bits per heavy atom. The standard InChI is InChI=1S/C25H19Cl3N2O4/c1-33-13-3-4-16(25(31)32)17(9-13)18(10-19-20(26)11-29-12-21(19)27)14-5-7-22(34-2)24-15(14)6-8-23(28)30-24/h3-9,11-12,18H,10H2,1-2H3,(H,31,32). The number of rotatable bonds is 7. The number of benzene rings is 2. The SMILES string of the molecule is COc1ccc(C(=O)O)c(C(Cc2c(Cl)cncc2Cl)c2ccc(OC)c3nc(Cl)ccc23)c1. The minimum absolute atomic E-state index is 0.137. The average molecular weight is 518 g/mol. The number of methoxy groups -OCH3 is 2. The maximum atomic E-state index is 12.2. The highest BCUT2D eigenvalue weighted by Gasteiger charge is 2.26. The Hall–Kier alpha value is -3.06. The fourth-order valence-corrected chi connectivity index (χ4v) is 4.70. The van der Waals surface area contributed by atoms with Crippen molar-refractivity contribution >= 4 is 51.7 Å². The molecule has 0 bridgehead atoms. The van der Waals surface area contributed by atoms with E-state index in [4.69, 9.17) is 44.3 Å². The van der Waals surface area contributed by atoms with Crippen molar-refractivity contribution in [2.45, 2.75) is 12.3 Å². The molecule has 1 N–H and O–H groups in total. The predicted octanol–water partition coefficient (Wildman–Crippen LogP) is 6.68. The summed E-state index contributed by atoms with van der Waals surface area (Å²) in [6.07, 6.45) is 3.33. The van der Waals surface area contributed by atoms with E-state index in [1.165, 1.54) is 25.6 Å². The summed E-state index contributed by atoms with van der Waals surface area (Å²) in [5, 5.41) is 11.8. The molecule has 0 amide bonds. The number of nitrogens with zero attached hydrogens (tertiary/aromatic N) is 2. The van der Waals surface area contributed by atoms with Gasteiger partial charge in [0.25, 0.3) is 0 Å². The van der Waals surface area contributed by atoms with Crippen LogP contribution in [0.2, 0.25) is 15.2 Å². The summed E-state index contributed by atoms with van der Waals surface area (Å²) >= 11 is 19.1. The lowest BCUT2D eigenvalue weighted by Crippen LogP contribution is -2.13. The van der Waals surface area contributed by atoms with E-state index >= 15 is 0 Å². The number of ether oxygens (including phenoxy) is 2. The molecule has 2 heterocycles. The summed E-state index contributed by atoms with van der Waals surface area (Å²) in [4.78, 5) is 20.7. The Kier molecular flexibility index (Phi) is 7.12. The molecule has 34 heavy (non-hydrogen) atoms. The molecular formula is C25H19Cl3N2O4. The van der Waals surface area contributed by atoms with Crippen LogP contribution in [-0.4, -0.2) is 35.3 Å². The van der Waals surface area contributed by atoms with Gasteiger partial charge in [-0.05, 0) is 59.5 Å². The molecule has 0 saturated carbocycles. The number of aromatic nitrogens is 2. The molecule has 6 nitrogen and oxygen atoms in total. The summed E-state index contributed by atoms with van der Waals surface area (Å²) in [7, 11) is 3.08. The molecule has 0 spiro atoms. The largest absolute Gasteiger partial charge is 0.497 e. The number of pyridine rings is 2. The summed E-state index contributed by atoms with van der Waals surface area (Å²) in [6, 6.07) is 12.0. The van der Waals surface area contributed by atoms with Crippen LogP contribution in [0.4, 0.5) is 0 Å². The lowest BCUT2D eigenvalue weighted by Gasteiger charge is -2.24. The molecule has 4 aromatic rings. The van der Waals surface area contributed by atoms with Gasteiger partial charge in [-0.3, -0.25) is 4.98 Å². The van der Waals surface area contributed by atoms with Crippen LogP contribution in [-0.2, 0) is 6.42 Å². The highest BCUT2D eigenvalue weighted by molar-refractivity contribution is 6.35. The van der Waals surface area contributed by atoms with E-state index in [0.29, 0.717) is 49.8 Å². The summed E-state index contributed by atoms with van der Waals surface area (Å²) in [5.74, 6) is -0.469. The van der Waals surface area contributed by atoms with Crippen molar-refractivity contribution in [3.05, 3.63) is 92.3 Å². The number of hydrogen-bond acceptors (Lipinski definition) is 5. The zero-order chi connectivity index (χ0) is 24.4. The van der Waals surface area contributed by atoms with Crippen LogP contribution in [0.5, 0.6) is 11.5 Å². The molecule has 0 radical (unpaired) electrons. The normalized spacial score (nSPS) is 11.9. The fraction of sp³-hybridized carbons (Fsp3) is 0.160. The first-order chi connectivity index (χ1) is 16.3. The molecular weight excluding hydrogens is 499 g/mol. The third kappa shape index (κ3) is 4.62. The minimum atomic E-state index is -1.06. The van der Waals surface area contributed by atoms with Crippen molar-refractivity contribution in [2.24, 2.45) is 0 Å². The fourth-order valence-electron chi connectivity index (χ4n) is 4.03. The lowest BCUT2D eigenvalue weighted by atomic mass is 9.82. The third-order valence-corrected chi connectivity index (χ3v) is 6.50. The van der Waals surface area contributed by atoms with Crippen molar-refractivity contribution in [3.63, 3.8) is 0 Å². The molecule has 4 rings (SSSR count). The molecule has 0 fully saturated rings. The molecule has 0 aliphatic heterocycles. The van der Waals surface area contributed by atoms with Gasteiger partial charge in [-0.2, -0.15) is 0 Å². The van der Waals surface area contributed by atoms with Gasteiger partial charge in [0, 0.05) is 23.7 Å². The molecule has 1 unspecified atom stereocenters. The molecule has 2 aromatic carbocycles. The van der Waals surface area contributed by atoms with E-state index in [2.05, 4.69) is 9.97 Å². The molecule has 9 heteroatoms. The zero-order valence-corrected chi connectivity index (χ0v) is 20.4. The summed E-state index contributed by atoms with van der Waals surface area (Å²) in [5.41, 5.74) is 2.69. The van der Waals surface area contributed by atoms with E-state index in [1.54, 1.807) is 31.4 Å². The first kappa shape index (κ1) is 24.1. The van der Waals surface area contributed by atoms with Crippen molar-refractivity contribution in [3.8, 4) is 11.5 Å². The van der Waals surface area contributed by atoms with E-state index in [0.717, 1.165) is 10.9 Å². The summed E-state index contributed by atoms with van der Waals surface area (Å²) < 4.78 is 10.9. The summed E-state index contributed by atoms with van der Waals surface area (Å²) in [6.45, 7) is 0. The molecule has 0 aliphatic rings. The van der Waals surface area contributed by atoms with Gasteiger partial charge in [0.2, 0.25) is 0 Å². The Morgan fingerprint density at radius 2 is 1.71 bits per heavy atom. The second kappa shape index (κ2) is 10.1. The van der Waals surface area contributed by atoms with E-state index < -0.39 is 11.9 Å². The molecule has 1 atom stereocenters. The highest BCUT2D eigenvalue weighted by Crippen LogP contribution is 2.41. The number of halogens is 3. The van der Waals surface area contributed by atoms with Crippen molar-refractivity contribution in [1.82, 2.24) is 9.97 Å². The quantitative estimate of drug-likeness (QED) is 0.275. The Labute approximate surface area is 211 Å². The second-order valence-corrected chi connectivity index (χ2v) is 8.69. The monoisotopic (exact) mass is 516 g/mol. The van der Waals surface area contributed by atoms with Gasteiger partial charge in [0.1, 0.15) is 22.2 Å². The number of carboxylic acid groups (broad SMARTS) is 1. The average Bonchev–Trinajstić information content (AvgIpc) is 2.83. The maximum absolute atomic E-state index is 12.2. The van der Waals surface area contributed by atoms with E-state index in [-0.39, 0.29) is 5.56 Å². The van der Waals surface area contributed by atoms with E-state index in [9.17, 15) is 9.90 Å².